The van der Waals surface area contributed by atoms with E-state index in [9.17, 15) is 9.59 Å². The van der Waals surface area contributed by atoms with E-state index in [0.29, 0.717) is 48.8 Å². The zero-order valence-corrected chi connectivity index (χ0v) is 19.0. The van der Waals surface area contributed by atoms with E-state index < -0.39 is 6.29 Å². The summed E-state index contributed by atoms with van der Waals surface area (Å²) in [5.74, 6) is 3.26. The molecule has 174 valence electrons. The highest BCUT2D eigenvalue weighted by atomic mass is 16.7. The highest BCUT2D eigenvalue weighted by Crippen LogP contribution is 2.84. The second-order valence-electron chi connectivity index (χ2n) is 11.2. The Morgan fingerprint density at radius 1 is 1.24 bits per heavy atom. The number of hydrogen-bond donors (Lipinski definition) is 1. The van der Waals surface area contributed by atoms with Crippen molar-refractivity contribution in [1.29, 1.82) is 0 Å². The summed E-state index contributed by atoms with van der Waals surface area (Å²) in [6.07, 6.45) is 8.46. The van der Waals surface area contributed by atoms with Gasteiger partial charge in [0.1, 0.15) is 17.2 Å². The van der Waals surface area contributed by atoms with Crippen LogP contribution in [0.1, 0.15) is 49.0 Å². The summed E-state index contributed by atoms with van der Waals surface area (Å²) in [5.41, 5.74) is 1.79. The van der Waals surface area contributed by atoms with Gasteiger partial charge in [-0.3, -0.25) is 14.0 Å². The van der Waals surface area contributed by atoms with Gasteiger partial charge >= 0.3 is 0 Å². The van der Waals surface area contributed by atoms with Crippen LogP contribution in [0.4, 0.5) is 5.82 Å². The zero-order valence-electron chi connectivity index (χ0n) is 19.0. The fourth-order valence-corrected chi connectivity index (χ4v) is 7.62. The van der Waals surface area contributed by atoms with Crippen molar-refractivity contribution in [3.05, 3.63) is 30.1 Å². The molecule has 7 rings (SSSR count). The fraction of sp³-hybridized carbons (Fsp3) is 0.640. The van der Waals surface area contributed by atoms with Crippen LogP contribution in [0.5, 0.6) is 0 Å². The maximum absolute atomic E-state index is 13.1. The molecule has 5 aliphatic rings. The van der Waals surface area contributed by atoms with Crippen LogP contribution in [0, 0.1) is 28.6 Å². The van der Waals surface area contributed by atoms with Crippen LogP contribution >= 0.6 is 0 Å². The molecule has 33 heavy (non-hydrogen) atoms. The summed E-state index contributed by atoms with van der Waals surface area (Å²) in [5, 5.41) is 3.12. The molecule has 5 fully saturated rings. The zero-order chi connectivity index (χ0) is 22.4. The Balaban J connectivity index is 1.06. The number of aromatic nitrogens is 2. The number of ether oxygens (including phenoxy) is 2. The van der Waals surface area contributed by atoms with Crippen molar-refractivity contribution < 1.29 is 19.1 Å². The van der Waals surface area contributed by atoms with Crippen molar-refractivity contribution in [3.8, 4) is 0 Å². The Morgan fingerprint density at radius 2 is 2.09 bits per heavy atom. The van der Waals surface area contributed by atoms with Gasteiger partial charge in [0.05, 0.1) is 19.8 Å². The number of rotatable bonds is 6. The number of likely N-dealkylation sites (N-methyl/N-ethyl adjacent to an activating group) is 1. The normalized spacial score (nSPS) is 35.8. The molecule has 2 aromatic rings. The van der Waals surface area contributed by atoms with Gasteiger partial charge < -0.3 is 19.7 Å². The average Bonchev–Trinajstić information content (AvgIpc) is 3.46. The van der Waals surface area contributed by atoms with Crippen molar-refractivity contribution in [1.82, 2.24) is 14.3 Å². The molecule has 4 saturated carbocycles. The quantitative estimate of drug-likeness (QED) is 0.732. The second-order valence-corrected chi connectivity index (χ2v) is 11.2. The molecule has 0 aromatic carbocycles. The van der Waals surface area contributed by atoms with E-state index in [2.05, 4.69) is 10.3 Å². The molecule has 1 aliphatic heterocycles. The van der Waals surface area contributed by atoms with Crippen molar-refractivity contribution in [3.63, 3.8) is 0 Å². The molecule has 8 nitrogen and oxygen atoms in total. The SMILES string of the molecule is CN(CC1OCCO1)C(=O)c1cn2c(NC(=O)CC34CC5CC5C5(CC5C3)C4)cccc2n1. The third-order valence-electron chi connectivity index (χ3n) is 8.99. The first kappa shape index (κ1) is 20.0. The number of carbonyl (C=O) groups excluding carboxylic acids is 2. The Labute approximate surface area is 192 Å². The maximum atomic E-state index is 13.1. The van der Waals surface area contributed by atoms with Gasteiger partial charge in [-0.2, -0.15) is 0 Å². The van der Waals surface area contributed by atoms with E-state index in [1.165, 1.54) is 32.1 Å². The first-order valence-electron chi connectivity index (χ1n) is 12.2. The van der Waals surface area contributed by atoms with Crippen LogP contribution in [0.2, 0.25) is 0 Å². The summed E-state index contributed by atoms with van der Waals surface area (Å²) in [6.45, 7) is 1.45. The second kappa shape index (κ2) is 6.79. The molecule has 1 N–H and O–H groups in total. The van der Waals surface area contributed by atoms with E-state index in [4.69, 9.17) is 9.47 Å². The number of anilines is 1. The molecule has 2 bridgehead atoms. The van der Waals surface area contributed by atoms with E-state index in [0.717, 1.165) is 17.8 Å². The molecule has 0 radical (unpaired) electrons. The molecule has 2 aromatic heterocycles. The van der Waals surface area contributed by atoms with Crippen molar-refractivity contribution in [2.75, 3.05) is 32.1 Å². The van der Waals surface area contributed by atoms with Crippen LogP contribution < -0.4 is 5.32 Å². The third-order valence-corrected chi connectivity index (χ3v) is 8.99. The highest BCUT2D eigenvalue weighted by Gasteiger charge is 2.76. The van der Waals surface area contributed by atoms with E-state index in [1.54, 1.807) is 22.5 Å². The first-order chi connectivity index (χ1) is 15.9. The van der Waals surface area contributed by atoms with Crippen LogP contribution in [0.3, 0.4) is 0 Å². The molecule has 5 atom stereocenters. The number of carbonyl (C=O) groups is 2. The van der Waals surface area contributed by atoms with Gasteiger partial charge in [-0.15, -0.1) is 0 Å². The topological polar surface area (TPSA) is 85.2 Å². The first-order valence-corrected chi connectivity index (χ1v) is 12.2. The number of imidazole rings is 1. The lowest BCUT2D eigenvalue weighted by Gasteiger charge is -2.35. The minimum absolute atomic E-state index is 0.0762. The molecule has 1 spiro atoms. The lowest BCUT2D eigenvalue weighted by Crippen LogP contribution is -2.35. The summed E-state index contributed by atoms with van der Waals surface area (Å²) in [4.78, 5) is 32.1. The van der Waals surface area contributed by atoms with E-state index >= 15 is 0 Å². The Kier molecular flexibility index (Phi) is 4.11. The summed E-state index contributed by atoms with van der Waals surface area (Å²) < 4.78 is 12.7. The maximum Gasteiger partial charge on any atom is 0.273 e. The van der Waals surface area contributed by atoms with Crippen molar-refractivity contribution >= 4 is 23.3 Å². The molecule has 1 saturated heterocycles. The van der Waals surface area contributed by atoms with Gasteiger partial charge in [0.2, 0.25) is 5.91 Å². The van der Waals surface area contributed by atoms with Crippen LogP contribution in [0.25, 0.3) is 5.65 Å². The Bertz CT molecular complexity index is 1150. The summed E-state index contributed by atoms with van der Waals surface area (Å²) in [7, 11) is 1.72. The molecule has 2 amide bonds. The summed E-state index contributed by atoms with van der Waals surface area (Å²) >= 11 is 0. The van der Waals surface area contributed by atoms with E-state index in [-0.39, 0.29) is 17.2 Å². The number of amides is 2. The molecule has 4 aliphatic carbocycles. The van der Waals surface area contributed by atoms with Crippen molar-refractivity contribution in [2.24, 2.45) is 28.6 Å². The largest absolute Gasteiger partial charge is 0.348 e. The molecule has 3 heterocycles. The van der Waals surface area contributed by atoms with Gasteiger partial charge in [-0.1, -0.05) is 6.07 Å². The van der Waals surface area contributed by atoms with Gasteiger partial charge in [0.25, 0.3) is 5.91 Å². The molecule has 8 heteroatoms. The third kappa shape index (κ3) is 3.14. The minimum Gasteiger partial charge on any atom is -0.348 e. The standard InChI is InChI=1S/C25H30N4O4/c1-28(13-22-32-5-6-33-22)23(31)18-12-29-19(26-18)3-2-4-20(29)27-21(30)11-24-8-15-7-17(15)25(14-24)10-16(25)9-24/h2-4,12,15-17,22H,5-11,13-14H2,1H3,(H,27,30). The average molecular weight is 451 g/mol. The van der Waals surface area contributed by atoms with Crippen molar-refractivity contribution in [2.45, 2.75) is 44.8 Å². The Morgan fingerprint density at radius 3 is 2.94 bits per heavy atom. The minimum atomic E-state index is -0.392. The Hall–Kier alpha value is -2.45. The molecule has 5 unspecified atom stereocenters. The lowest BCUT2D eigenvalue weighted by atomic mass is 9.69. The smallest absolute Gasteiger partial charge is 0.273 e. The highest BCUT2D eigenvalue weighted by molar-refractivity contribution is 5.94. The van der Waals surface area contributed by atoms with Crippen LogP contribution in [-0.2, 0) is 14.3 Å². The lowest BCUT2D eigenvalue weighted by molar-refractivity contribution is -0.119. The monoisotopic (exact) mass is 450 g/mol. The van der Waals surface area contributed by atoms with Crippen LogP contribution in [-0.4, -0.2) is 59.2 Å². The van der Waals surface area contributed by atoms with Crippen LogP contribution in [0.15, 0.2) is 24.4 Å². The fourth-order valence-electron chi connectivity index (χ4n) is 7.62. The van der Waals surface area contributed by atoms with Gasteiger partial charge in [-0.05, 0) is 72.8 Å². The summed E-state index contributed by atoms with van der Waals surface area (Å²) in [6, 6.07) is 5.58. The number of nitrogens with one attached hydrogen (secondary N) is 1. The number of fused-ring (bicyclic) bond motifs is 3. The number of pyridine rings is 1. The predicted octanol–water partition coefficient (Wildman–Crippen LogP) is 2.93. The van der Waals surface area contributed by atoms with Gasteiger partial charge in [0, 0.05) is 19.7 Å². The van der Waals surface area contributed by atoms with Gasteiger partial charge in [-0.25, -0.2) is 4.98 Å². The van der Waals surface area contributed by atoms with Gasteiger partial charge in [0.15, 0.2) is 6.29 Å². The predicted molar refractivity (Wildman–Crippen MR) is 120 cm³/mol. The molecular weight excluding hydrogens is 420 g/mol. The number of hydrogen-bond acceptors (Lipinski definition) is 5. The number of nitrogens with zero attached hydrogens (tertiary/aromatic N) is 3. The van der Waals surface area contributed by atoms with E-state index in [1.807, 2.05) is 18.2 Å². The molecular formula is C25H30N4O4.